The number of aromatic nitrogens is 2. The number of nitrogens with one attached hydrogen (secondary N) is 1. The molecular weight excluding hydrogens is 353 g/mol. The van der Waals surface area contributed by atoms with Crippen LogP contribution in [-0.2, 0) is 13.1 Å². The molecule has 1 aliphatic rings. The zero-order valence-electron chi connectivity index (χ0n) is 16.3. The van der Waals surface area contributed by atoms with Crippen molar-refractivity contribution in [3.05, 3.63) is 81.7 Å². The molecule has 0 amide bonds. The summed E-state index contributed by atoms with van der Waals surface area (Å²) < 4.78 is 14.9. The minimum absolute atomic E-state index is 0.0338. The Morgan fingerprint density at radius 3 is 2.61 bits per heavy atom. The fourth-order valence-electron chi connectivity index (χ4n) is 4.36. The number of rotatable bonds is 5. The summed E-state index contributed by atoms with van der Waals surface area (Å²) in [5, 5.41) is 0. The van der Waals surface area contributed by atoms with Crippen molar-refractivity contribution in [2.45, 2.75) is 58.2 Å². The molecule has 146 valence electrons. The molecule has 4 nitrogen and oxygen atoms in total. The first kappa shape index (κ1) is 18.8. The van der Waals surface area contributed by atoms with Gasteiger partial charge < -0.3 is 4.90 Å². The van der Waals surface area contributed by atoms with Crippen LogP contribution in [0.1, 0.15) is 48.9 Å². The predicted octanol–water partition coefficient (Wildman–Crippen LogP) is 3.06. The lowest BCUT2D eigenvalue weighted by Gasteiger charge is -2.31. The van der Waals surface area contributed by atoms with Gasteiger partial charge >= 0.3 is 0 Å². The zero-order valence-corrected chi connectivity index (χ0v) is 16.3. The lowest BCUT2D eigenvalue weighted by Crippen LogP contribution is -3.13. The second-order valence-electron chi connectivity index (χ2n) is 7.94. The number of hydrogen-bond donors (Lipinski definition) is 1. The van der Waals surface area contributed by atoms with Crippen LogP contribution >= 0.6 is 0 Å². The maximum absolute atomic E-state index is 13.3. The normalized spacial score (nSPS) is 16.4. The Morgan fingerprint density at radius 1 is 1.11 bits per heavy atom. The fourth-order valence-corrected chi connectivity index (χ4v) is 4.36. The molecule has 1 saturated carbocycles. The highest BCUT2D eigenvalue weighted by Gasteiger charge is 2.26. The van der Waals surface area contributed by atoms with Crippen molar-refractivity contribution in [1.82, 2.24) is 9.38 Å². The average molecular weight is 380 g/mol. The highest BCUT2D eigenvalue weighted by molar-refractivity contribution is 5.46. The van der Waals surface area contributed by atoms with Gasteiger partial charge in [0, 0.05) is 17.8 Å². The molecule has 0 bridgehead atoms. The van der Waals surface area contributed by atoms with Crippen molar-refractivity contribution in [2.75, 3.05) is 0 Å². The Hall–Kier alpha value is -2.53. The van der Waals surface area contributed by atoms with Crippen molar-refractivity contribution in [3.8, 4) is 0 Å². The van der Waals surface area contributed by atoms with E-state index in [1.54, 1.807) is 16.7 Å². The van der Waals surface area contributed by atoms with Crippen LogP contribution in [0.15, 0.2) is 53.5 Å². The Morgan fingerprint density at radius 2 is 1.86 bits per heavy atom. The average Bonchev–Trinajstić information content (AvgIpc) is 2.71. The van der Waals surface area contributed by atoms with Crippen LogP contribution in [0.2, 0.25) is 0 Å². The van der Waals surface area contributed by atoms with Gasteiger partial charge in [0.05, 0.1) is 6.04 Å². The highest BCUT2D eigenvalue weighted by Crippen LogP contribution is 2.16. The molecule has 28 heavy (non-hydrogen) atoms. The van der Waals surface area contributed by atoms with Gasteiger partial charge in [0.1, 0.15) is 30.2 Å². The van der Waals surface area contributed by atoms with Crippen LogP contribution in [0, 0.1) is 12.7 Å². The summed E-state index contributed by atoms with van der Waals surface area (Å²) in [6.45, 7) is 3.51. The van der Waals surface area contributed by atoms with E-state index in [-0.39, 0.29) is 11.4 Å². The summed E-state index contributed by atoms with van der Waals surface area (Å²) in [5.41, 5.74) is 3.65. The smallest absolute Gasteiger partial charge is 0.258 e. The molecule has 2 heterocycles. The largest absolute Gasteiger partial charge is 0.324 e. The predicted molar refractivity (Wildman–Crippen MR) is 108 cm³/mol. The number of hydrogen-bond acceptors (Lipinski definition) is 2. The molecule has 1 fully saturated rings. The van der Waals surface area contributed by atoms with Gasteiger partial charge in [-0.1, -0.05) is 24.6 Å². The summed E-state index contributed by atoms with van der Waals surface area (Å²) in [6, 6.07) is 12.9. The first-order chi connectivity index (χ1) is 13.6. The molecule has 1 unspecified atom stereocenters. The van der Waals surface area contributed by atoms with E-state index >= 15 is 0 Å². The number of nitrogens with zero attached hydrogens (tertiary/aromatic N) is 2. The van der Waals surface area contributed by atoms with Crippen LogP contribution in [0.5, 0.6) is 0 Å². The van der Waals surface area contributed by atoms with Gasteiger partial charge in [-0.2, -0.15) is 0 Å². The van der Waals surface area contributed by atoms with Crippen molar-refractivity contribution in [3.63, 3.8) is 0 Å². The maximum Gasteiger partial charge on any atom is 0.258 e. The first-order valence-corrected chi connectivity index (χ1v) is 10.2. The van der Waals surface area contributed by atoms with E-state index < -0.39 is 0 Å². The molecule has 2 aromatic heterocycles. The molecule has 1 atom stereocenters. The summed E-state index contributed by atoms with van der Waals surface area (Å²) in [4.78, 5) is 18.8. The van der Waals surface area contributed by atoms with Gasteiger partial charge in [-0.15, -0.1) is 0 Å². The van der Waals surface area contributed by atoms with Crippen LogP contribution in [0.25, 0.3) is 5.65 Å². The summed E-state index contributed by atoms with van der Waals surface area (Å²) in [7, 11) is 0. The molecule has 5 heteroatoms. The Balaban J connectivity index is 1.64. The Kier molecular flexibility index (Phi) is 5.53. The standard InChI is InChI=1S/C23H26FN3O/c1-17-6-5-13-27-22(28)14-20(25-23(17)27)16-26(21-7-3-2-4-8-21)15-18-9-11-19(24)12-10-18/h5-6,9-14,21H,2-4,7-8,15-16H2,1H3/p+1. The number of fused-ring (bicyclic) bond motifs is 1. The first-order valence-electron chi connectivity index (χ1n) is 10.2. The van der Waals surface area contributed by atoms with E-state index in [9.17, 15) is 9.18 Å². The molecule has 1 aliphatic carbocycles. The van der Waals surface area contributed by atoms with E-state index in [0.717, 1.165) is 29.0 Å². The molecule has 1 N–H and O–H groups in total. The third-order valence-corrected chi connectivity index (χ3v) is 5.87. The number of pyridine rings is 1. The van der Waals surface area contributed by atoms with E-state index in [1.165, 1.54) is 49.1 Å². The van der Waals surface area contributed by atoms with E-state index in [4.69, 9.17) is 4.98 Å². The molecule has 0 spiro atoms. The molecule has 0 aliphatic heterocycles. The quantitative estimate of drug-likeness (QED) is 0.739. The van der Waals surface area contributed by atoms with E-state index in [1.807, 2.05) is 31.2 Å². The van der Waals surface area contributed by atoms with Gasteiger partial charge in [0.15, 0.2) is 0 Å². The maximum atomic E-state index is 13.3. The van der Waals surface area contributed by atoms with Gasteiger partial charge in [-0.25, -0.2) is 9.37 Å². The van der Waals surface area contributed by atoms with Gasteiger partial charge in [0.2, 0.25) is 0 Å². The lowest BCUT2D eigenvalue weighted by atomic mass is 9.93. The van der Waals surface area contributed by atoms with Crippen molar-refractivity contribution in [1.29, 1.82) is 0 Å². The van der Waals surface area contributed by atoms with Crippen molar-refractivity contribution >= 4 is 5.65 Å². The Labute approximate surface area is 164 Å². The van der Waals surface area contributed by atoms with Crippen LogP contribution < -0.4 is 10.5 Å². The third-order valence-electron chi connectivity index (χ3n) is 5.87. The fraction of sp³-hybridized carbons (Fsp3) is 0.391. The van der Waals surface area contributed by atoms with E-state index in [2.05, 4.69) is 0 Å². The number of halogens is 1. The lowest BCUT2D eigenvalue weighted by molar-refractivity contribution is -0.953. The second-order valence-corrected chi connectivity index (χ2v) is 7.94. The highest BCUT2D eigenvalue weighted by atomic mass is 19.1. The second kappa shape index (κ2) is 8.23. The molecule has 0 radical (unpaired) electrons. The number of quaternary nitrogens is 1. The summed E-state index contributed by atoms with van der Waals surface area (Å²) in [6.07, 6.45) is 7.97. The monoisotopic (exact) mass is 380 g/mol. The minimum atomic E-state index is -0.206. The Bertz CT molecular complexity index is 1010. The molecule has 4 rings (SSSR count). The van der Waals surface area contributed by atoms with Gasteiger partial charge in [-0.3, -0.25) is 9.20 Å². The van der Waals surface area contributed by atoms with Crippen molar-refractivity contribution < 1.29 is 9.29 Å². The van der Waals surface area contributed by atoms with Crippen LogP contribution in [0.4, 0.5) is 4.39 Å². The number of aryl methyl sites for hydroxylation is 1. The SMILES string of the molecule is Cc1cccn2c(=O)cc(C[NH+](Cc3ccc(F)cc3)C3CCCCC3)nc12. The summed E-state index contributed by atoms with van der Waals surface area (Å²) in [5.74, 6) is -0.206. The van der Waals surface area contributed by atoms with Gasteiger partial charge in [-0.05, 0) is 56.4 Å². The topological polar surface area (TPSA) is 38.8 Å². The van der Waals surface area contributed by atoms with Gasteiger partial charge in [0.25, 0.3) is 5.56 Å². The molecule has 3 aromatic rings. The van der Waals surface area contributed by atoms with E-state index in [0.29, 0.717) is 12.6 Å². The van der Waals surface area contributed by atoms with Crippen LogP contribution in [-0.4, -0.2) is 15.4 Å². The molecule has 0 saturated heterocycles. The van der Waals surface area contributed by atoms with Crippen molar-refractivity contribution in [2.24, 2.45) is 0 Å². The summed E-state index contributed by atoms with van der Waals surface area (Å²) >= 11 is 0. The third kappa shape index (κ3) is 4.14. The minimum Gasteiger partial charge on any atom is -0.324 e. The number of benzene rings is 1. The van der Waals surface area contributed by atoms with Crippen LogP contribution in [0.3, 0.4) is 0 Å². The molecule has 1 aromatic carbocycles. The zero-order chi connectivity index (χ0) is 19.5. The molecular formula is C23H27FN3O+.